The van der Waals surface area contributed by atoms with Crippen LogP contribution >= 0.6 is 11.6 Å². The second-order valence-corrected chi connectivity index (χ2v) is 5.95. The van der Waals surface area contributed by atoms with Crippen molar-refractivity contribution >= 4 is 23.6 Å². The summed E-state index contributed by atoms with van der Waals surface area (Å²) in [6, 6.07) is 0. The molecule has 0 radical (unpaired) electrons. The van der Waals surface area contributed by atoms with Gasteiger partial charge in [-0.25, -0.2) is 0 Å². The summed E-state index contributed by atoms with van der Waals surface area (Å²) in [6.07, 6.45) is 6.29. The van der Waals surface area contributed by atoms with Gasteiger partial charge < -0.3 is 14.5 Å². The lowest BCUT2D eigenvalue weighted by atomic mass is 10.1. The van der Waals surface area contributed by atoms with Crippen molar-refractivity contribution in [1.29, 1.82) is 0 Å². The number of aliphatic hydroxyl groups is 1. The van der Waals surface area contributed by atoms with E-state index in [9.17, 15) is 9.90 Å². The van der Waals surface area contributed by atoms with E-state index in [1.54, 1.807) is 6.20 Å². The highest BCUT2D eigenvalue weighted by molar-refractivity contribution is 6.34. The number of pyridine rings is 1. The fourth-order valence-corrected chi connectivity index (χ4v) is 3.10. The molecule has 0 bridgehead atoms. The smallest absolute Gasteiger partial charge is 0.316 e. The Kier molecular flexibility index (Phi) is 3.39. The van der Waals surface area contributed by atoms with E-state index in [0.717, 1.165) is 17.7 Å². The number of nitrogens with zero attached hydrogens (tertiary/aromatic N) is 4. The first-order chi connectivity index (χ1) is 11.1. The highest BCUT2D eigenvalue weighted by atomic mass is 35.5. The van der Waals surface area contributed by atoms with Gasteiger partial charge in [-0.3, -0.25) is 9.78 Å². The topological polar surface area (TPSA) is 92.3 Å². The third kappa shape index (κ3) is 2.42. The molecular weight excluding hydrogens is 320 g/mol. The summed E-state index contributed by atoms with van der Waals surface area (Å²) in [5.41, 5.74) is 2.29. The number of carbonyl (C=O) groups is 1. The summed E-state index contributed by atoms with van der Waals surface area (Å²) in [5.74, 6) is -0.264. The molecule has 1 N–H and O–H groups in total. The molecule has 1 fully saturated rings. The van der Waals surface area contributed by atoms with Crippen LogP contribution in [-0.2, 0) is 6.42 Å². The number of likely N-dealkylation sites (tertiary alicyclic amines) is 1. The van der Waals surface area contributed by atoms with Crippen molar-refractivity contribution in [2.45, 2.75) is 18.9 Å². The summed E-state index contributed by atoms with van der Waals surface area (Å²) >= 11 is 6.38. The molecule has 3 heterocycles. The predicted octanol–water partition coefficient (Wildman–Crippen LogP) is 1.56. The van der Waals surface area contributed by atoms with Gasteiger partial charge in [-0.15, -0.1) is 0 Å². The van der Waals surface area contributed by atoms with Crippen LogP contribution < -0.4 is 0 Å². The molecule has 4 rings (SSSR count). The molecule has 8 heteroatoms. The minimum Gasteiger partial charge on any atom is -0.391 e. The second kappa shape index (κ2) is 5.43. The van der Waals surface area contributed by atoms with Crippen molar-refractivity contribution in [3.8, 4) is 11.4 Å². The SMILES string of the molecule is O=C(c1nc(-c2cnc3c(c2Cl)C=CC3)no1)N1CCC(O)C1. The number of halogens is 1. The first kappa shape index (κ1) is 14.3. The summed E-state index contributed by atoms with van der Waals surface area (Å²) in [5, 5.41) is 13.9. The van der Waals surface area contributed by atoms with E-state index >= 15 is 0 Å². The fourth-order valence-electron chi connectivity index (χ4n) is 2.80. The van der Waals surface area contributed by atoms with Gasteiger partial charge in [0.05, 0.1) is 22.4 Å². The minimum atomic E-state index is -0.497. The lowest BCUT2D eigenvalue weighted by Gasteiger charge is -2.11. The fraction of sp³-hybridized carbons (Fsp3) is 0.333. The molecule has 7 nitrogen and oxygen atoms in total. The molecule has 1 aliphatic carbocycles. The zero-order chi connectivity index (χ0) is 16.0. The molecule has 0 saturated carbocycles. The molecule has 2 aromatic heterocycles. The minimum absolute atomic E-state index is 0.110. The van der Waals surface area contributed by atoms with Crippen LogP contribution in [0.25, 0.3) is 17.5 Å². The maximum absolute atomic E-state index is 12.3. The molecule has 1 unspecified atom stereocenters. The first-order valence-corrected chi connectivity index (χ1v) is 7.66. The van der Waals surface area contributed by atoms with Crippen LogP contribution in [0.3, 0.4) is 0 Å². The van der Waals surface area contributed by atoms with Crippen LogP contribution in [0.5, 0.6) is 0 Å². The van der Waals surface area contributed by atoms with Crippen molar-refractivity contribution in [3.05, 3.63) is 34.4 Å². The molecule has 23 heavy (non-hydrogen) atoms. The first-order valence-electron chi connectivity index (χ1n) is 7.29. The number of allylic oxidation sites excluding steroid dienone is 1. The Morgan fingerprint density at radius 1 is 1.48 bits per heavy atom. The average Bonchev–Trinajstić information content (AvgIpc) is 3.26. The number of β-amino-alcohol motifs (C(OH)–C–C–N with tert-alkyl or cyclic N) is 1. The Labute approximate surface area is 136 Å². The van der Waals surface area contributed by atoms with Crippen LogP contribution in [0.15, 0.2) is 16.8 Å². The van der Waals surface area contributed by atoms with E-state index < -0.39 is 6.10 Å². The van der Waals surface area contributed by atoms with Gasteiger partial charge in [-0.2, -0.15) is 4.98 Å². The van der Waals surface area contributed by atoms with Gasteiger partial charge in [0.25, 0.3) is 0 Å². The summed E-state index contributed by atoms with van der Waals surface area (Å²) in [7, 11) is 0. The van der Waals surface area contributed by atoms with Crippen LogP contribution in [-0.4, -0.2) is 50.2 Å². The van der Waals surface area contributed by atoms with Gasteiger partial charge in [0.2, 0.25) is 5.82 Å². The Bertz CT molecular complexity index is 817. The molecule has 0 spiro atoms. The largest absolute Gasteiger partial charge is 0.391 e. The number of hydrogen-bond donors (Lipinski definition) is 1. The summed E-state index contributed by atoms with van der Waals surface area (Å²) in [4.78, 5) is 22.2. The predicted molar refractivity (Wildman–Crippen MR) is 81.8 cm³/mol. The normalized spacial score (nSPS) is 19.4. The van der Waals surface area contributed by atoms with Crippen LogP contribution in [0.1, 0.15) is 28.4 Å². The Hall–Kier alpha value is -2.25. The molecular formula is C15H13ClN4O3. The Morgan fingerprint density at radius 2 is 2.35 bits per heavy atom. The third-order valence-electron chi connectivity index (χ3n) is 4.03. The number of aliphatic hydroxyl groups excluding tert-OH is 1. The monoisotopic (exact) mass is 332 g/mol. The average molecular weight is 333 g/mol. The molecule has 1 aliphatic heterocycles. The van der Waals surface area contributed by atoms with E-state index in [1.165, 1.54) is 4.90 Å². The quantitative estimate of drug-likeness (QED) is 0.897. The summed E-state index contributed by atoms with van der Waals surface area (Å²) in [6.45, 7) is 0.756. The number of carbonyl (C=O) groups excluding carboxylic acids is 1. The maximum Gasteiger partial charge on any atom is 0.316 e. The molecule has 1 saturated heterocycles. The van der Waals surface area contributed by atoms with Crippen molar-refractivity contribution in [1.82, 2.24) is 20.0 Å². The number of aromatic nitrogens is 3. The van der Waals surface area contributed by atoms with Gasteiger partial charge in [-0.1, -0.05) is 28.9 Å². The lowest BCUT2D eigenvalue weighted by Crippen LogP contribution is -2.29. The van der Waals surface area contributed by atoms with E-state index in [2.05, 4.69) is 15.1 Å². The summed E-state index contributed by atoms with van der Waals surface area (Å²) < 4.78 is 5.06. The maximum atomic E-state index is 12.3. The van der Waals surface area contributed by atoms with Crippen molar-refractivity contribution in [2.24, 2.45) is 0 Å². The molecule has 0 aromatic carbocycles. The molecule has 2 aromatic rings. The highest BCUT2D eigenvalue weighted by Crippen LogP contribution is 2.33. The van der Waals surface area contributed by atoms with Crippen LogP contribution in [0.4, 0.5) is 0 Å². The molecule has 2 aliphatic rings. The molecule has 1 atom stereocenters. The number of amides is 1. The second-order valence-electron chi connectivity index (χ2n) is 5.57. The van der Waals surface area contributed by atoms with Gasteiger partial charge in [0, 0.05) is 31.3 Å². The van der Waals surface area contributed by atoms with Crippen molar-refractivity contribution in [3.63, 3.8) is 0 Å². The zero-order valence-corrected chi connectivity index (χ0v) is 12.8. The van der Waals surface area contributed by atoms with E-state index in [4.69, 9.17) is 16.1 Å². The Morgan fingerprint density at radius 3 is 3.13 bits per heavy atom. The number of fused-ring (bicyclic) bond motifs is 1. The molecule has 1 amide bonds. The third-order valence-corrected chi connectivity index (χ3v) is 4.44. The lowest BCUT2D eigenvalue weighted by molar-refractivity contribution is 0.0716. The standard InChI is InChI=1S/C15H13ClN4O3/c16-12-9-2-1-3-11(9)17-6-10(12)13-18-14(23-19-13)15(22)20-5-4-8(21)7-20/h1-2,6,8,21H,3-5,7H2. The zero-order valence-electron chi connectivity index (χ0n) is 12.1. The number of hydrogen-bond acceptors (Lipinski definition) is 6. The highest BCUT2D eigenvalue weighted by Gasteiger charge is 2.29. The Balaban J connectivity index is 1.64. The van der Waals surface area contributed by atoms with Gasteiger partial charge in [0.1, 0.15) is 0 Å². The van der Waals surface area contributed by atoms with Crippen molar-refractivity contribution in [2.75, 3.05) is 13.1 Å². The van der Waals surface area contributed by atoms with Gasteiger partial charge in [0.15, 0.2) is 0 Å². The van der Waals surface area contributed by atoms with Crippen molar-refractivity contribution < 1.29 is 14.4 Å². The van der Waals surface area contributed by atoms with Crippen LogP contribution in [0, 0.1) is 0 Å². The van der Waals surface area contributed by atoms with E-state index in [0.29, 0.717) is 23.6 Å². The van der Waals surface area contributed by atoms with Gasteiger partial charge >= 0.3 is 11.8 Å². The van der Waals surface area contributed by atoms with E-state index in [-0.39, 0.29) is 24.2 Å². The molecule has 118 valence electrons. The van der Waals surface area contributed by atoms with E-state index in [1.807, 2.05) is 12.2 Å². The van der Waals surface area contributed by atoms with Gasteiger partial charge in [-0.05, 0) is 6.42 Å². The number of rotatable bonds is 2. The van der Waals surface area contributed by atoms with Crippen LogP contribution in [0.2, 0.25) is 5.02 Å².